The Hall–Kier alpha value is -2.52. The van der Waals surface area contributed by atoms with Crippen molar-refractivity contribution >= 4 is 35.7 Å². The van der Waals surface area contributed by atoms with Crippen LogP contribution in [0.1, 0.15) is 26.7 Å². The minimum Gasteiger partial charge on any atom is -0.862 e. The van der Waals surface area contributed by atoms with Crippen molar-refractivity contribution in [2.45, 2.75) is 33.2 Å². The van der Waals surface area contributed by atoms with E-state index in [1.807, 2.05) is 41.1 Å². The summed E-state index contributed by atoms with van der Waals surface area (Å²) in [7, 11) is -0.937. The standard InChI is InChI=1S/C20H22N3O2P/c1-3-4-15-23-20(19(25-22-23)21-16(2)24)26(17-11-7-5-8-12-17)18-13-9-6-10-14-18/h5-14H,3-4,15H2,1-2H3. The molecule has 26 heavy (non-hydrogen) atoms. The molecule has 1 aromatic heterocycles. The molecule has 0 fully saturated rings. The SMILES string of the molecule is CCCC[n+]1noc(/N=C(\C)[O-])c1P(c1ccccc1)c1ccccc1. The van der Waals surface area contributed by atoms with Gasteiger partial charge in [-0.3, -0.25) is 4.52 Å². The number of aromatic nitrogens is 2. The van der Waals surface area contributed by atoms with Crippen LogP contribution in [0.2, 0.25) is 0 Å². The van der Waals surface area contributed by atoms with Crippen LogP contribution in [0.5, 0.6) is 0 Å². The first-order chi connectivity index (χ1) is 12.7. The van der Waals surface area contributed by atoms with Gasteiger partial charge in [0, 0.05) is 6.42 Å². The van der Waals surface area contributed by atoms with Crippen molar-refractivity contribution in [2.24, 2.45) is 4.99 Å². The van der Waals surface area contributed by atoms with E-state index in [0.29, 0.717) is 5.88 Å². The van der Waals surface area contributed by atoms with Gasteiger partial charge in [-0.1, -0.05) is 74.0 Å². The molecule has 0 atom stereocenters. The molecule has 2 aromatic carbocycles. The number of hydrogen-bond acceptors (Lipinski definition) is 4. The number of aryl methyl sites for hydroxylation is 1. The van der Waals surface area contributed by atoms with Crippen molar-refractivity contribution in [3.05, 3.63) is 60.7 Å². The Morgan fingerprint density at radius 3 is 2.15 bits per heavy atom. The molecule has 0 aliphatic heterocycles. The molecule has 0 saturated heterocycles. The summed E-state index contributed by atoms with van der Waals surface area (Å²) in [5.74, 6) is 0.0218. The number of aliphatic imine (C=N–C) groups is 1. The summed E-state index contributed by atoms with van der Waals surface area (Å²) in [6, 6.07) is 20.5. The highest BCUT2D eigenvalue weighted by Crippen LogP contribution is 2.34. The van der Waals surface area contributed by atoms with Gasteiger partial charge in [0.05, 0.1) is 7.92 Å². The molecule has 0 aliphatic carbocycles. The summed E-state index contributed by atoms with van der Waals surface area (Å²) < 4.78 is 7.34. The summed E-state index contributed by atoms with van der Waals surface area (Å²) in [5.41, 5.74) is 0.876. The first-order valence-corrected chi connectivity index (χ1v) is 10.1. The van der Waals surface area contributed by atoms with Gasteiger partial charge in [-0.2, -0.15) is 0 Å². The minimum atomic E-state index is -0.937. The van der Waals surface area contributed by atoms with E-state index in [0.717, 1.165) is 24.8 Å². The molecule has 5 nitrogen and oxygen atoms in total. The Labute approximate surface area is 154 Å². The quantitative estimate of drug-likeness (QED) is 0.277. The fraction of sp³-hybridized carbons (Fsp3) is 0.250. The highest BCUT2D eigenvalue weighted by Gasteiger charge is 2.34. The summed E-state index contributed by atoms with van der Waals surface area (Å²) in [5, 5.41) is 18.2. The van der Waals surface area contributed by atoms with E-state index in [2.05, 4.69) is 41.5 Å². The maximum absolute atomic E-state index is 11.6. The van der Waals surface area contributed by atoms with E-state index in [1.165, 1.54) is 17.5 Å². The lowest BCUT2D eigenvalue weighted by atomic mass is 10.3. The maximum atomic E-state index is 11.6. The van der Waals surface area contributed by atoms with Gasteiger partial charge >= 0.3 is 11.3 Å². The lowest BCUT2D eigenvalue weighted by Crippen LogP contribution is -2.50. The van der Waals surface area contributed by atoms with Crippen LogP contribution in [-0.2, 0) is 6.54 Å². The van der Waals surface area contributed by atoms with Gasteiger partial charge in [0.25, 0.3) is 0 Å². The predicted molar refractivity (Wildman–Crippen MR) is 103 cm³/mol. The Balaban J connectivity index is 2.20. The normalized spacial score (nSPS) is 11.9. The minimum absolute atomic E-state index is 0.291. The summed E-state index contributed by atoms with van der Waals surface area (Å²) in [6.07, 6.45) is 2.03. The molecule has 0 unspecified atom stereocenters. The second-order valence-corrected chi connectivity index (χ2v) is 8.04. The Morgan fingerprint density at radius 2 is 1.65 bits per heavy atom. The average Bonchev–Trinajstić information content (AvgIpc) is 3.04. The van der Waals surface area contributed by atoms with Gasteiger partial charge in [-0.05, 0) is 28.1 Å². The second-order valence-electron chi connectivity index (χ2n) is 5.92. The second kappa shape index (κ2) is 8.72. The topological polar surface area (TPSA) is 65.3 Å². The summed E-state index contributed by atoms with van der Waals surface area (Å²) in [4.78, 5) is 4.09. The fourth-order valence-corrected chi connectivity index (χ4v) is 5.08. The highest BCUT2D eigenvalue weighted by atomic mass is 31.1. The number of benzene rings is 2. The monoisotopic (exact) mass is 367 g/mol. The van der Waals surface area contributed by atoms with Crippen LogP contribution in [-0.4, -0.2) is 11.2 Å². The molecular weight excluding hydrogens is 345 g/mol. The molecular formula is C20H22N3O2P. The number of nitrogens with zero attached hydrogens (tertiary/aromatic N) is 3. The van der Waals surface area contributed by atoms with Crippen LogP contribution in [0.15, 0.2) is 70.2 Å². The third-order valence-electron chi connectivity index (χ3n) is 3.88. The first kappa shape index (κ1) is 18.3. The van der Waals surface area contributed by atoms with Crippen LogP contribution >= 0.6 is 7.92 Å². The predicted octanol–water partition coefficient (Wildman–Crippen LogP) is 1.93. The molecule has 0 bridgehead atoms. The van der Waals surface area contributed by atoms with E-state index < -0.39 is 7.92 Å². The van der Waals surface area contributed by atoms with E-state index in [-0.39, 0.29) is 5.90 Å². The van der Waals surface area contributed by atoms with E-state index >= 15 is 0 Å². The lowest BCUT2D eigenvalue weighted by molar-refractivity contribution is -0.747. The zero-order valence-corrected chi connectivity index (χ0v) is 15.9. The zero-order chi connectivity index (χ0) is 18.4. The summed E-state index contributed by atoms with van der Waals surface area (Å²) >= 11 is 0. The Bertz CT molecular complexity index is 820. The van der Waals surface area contributed by atoms with Crippen molar-refractivity contribution in [2.75, 3.05) is 0 Å². The van der Waals surface area contributed by atoms with Gasteiger partial charge in [0.15, 0.2) is 6.54 Å². The summed E-state index contributed by atoms with van der Waals surface area (Å²) in [6.45, 7) is 4.30. The smallest absolute Gasteiger partial charge is 0.328 e. The molecule has 3 rings (SSSR count). The Kier molecular flexibility index (Phi) is 6.13. The maximum Gasteiger partial charge on any atom is 0.328 e. The number of hydrogen-bond donors (Lipinski definition) is 0. The van der Waals surface area contributed by atoms with Crippen LogP contribution < -0.4 is 25.8 Å². The van der Waals surface area contributed by atoms with Crippen molar-refractivity contribution in [1.29, 1.82) is 0 Å². The third kappa shape index (κ3) is 4.17. The van der Waals surface area contributed by atoms with Crippen molar-refractivity contribution in [3.8, 4) is 0 Å². The van der Waals surface area contributed by atoms with Crippen molar-refractivity contribution in [1.82, 2.24) is 5.27 Å². The van der Waals surface area contributed by atoms with Crippen LogP contribution in [0.4, 0.5) is 5.88 Å². The number of unbranched alkanes of at least 4 members (excludes halogenated alkanes) is 1. The lowest BCUT2D eigenvalue weighted by Gasteiger charge is -2.14. The molecule has 1 heterocycles. The van der Waals surface area contributed by atoms with Gasteiger partial charge in [0.2, 0.25) is 5.27 Å². The average molecular weight is 367 g/mol. The largest absolute Gasteiger partial charge is 0.862 e. The molecule has 0 N–H and O–H groups in total. The molecule has 134 valence electrons. The highest BCUT2D eigenvalue weighted by molar-refractivity contribution is 7.79. The molecule has 0 spiro atoms. The van der Waals surface area contributed by atoms with E-state index in [4.69, 9.17) is 4.52 Å². The molecule has 0 radical (unpaired) electrons. The van der Waals surface area contributed by atoms with Gasteiger partial charge in [0.1, 0.15) is 0 Å². The Morgan fingerprint density at radius 1 is 1.08 bits per heavy atom. The van der Waals surface area contributed by atoms with Gasteiger partial charge in [-0.25, -0.2) is 4.99 Å². The van der Waals surface area contributed by atoms with Crippen LogP contribution in [0.3, 0.4) is 0 Å². The van der Waals surface area contributed by atoms with E-state index in [1.54, 1.807) is 0 Å². The zero-order valence-electron chi connectivity index (χ0n) is 15.0. The van der Waals surface area contributed by atoms with Crippen LogP contribution in [0, 0.1) is 0 Å². The first-order valence-electron chi connectivity index (χ1n) is 8.73. The molecule has 0 aliphatic rings. The van der Waals surface area contributed by atoms with Gasteiger partial charge in [-0.15, -0.1) is 0 Å². The molecule has 3 aromatic rings. The fourth-order valence-electron chi connectivity index (χ4n) is 2.70. The molecule has 6 heteroatoms. The van der Waals surface area contributed by atoms with Crippen molar-refractivity contribution in [3.63, 3.8) is 0 Å². The molecule has 0 saturated carbocycles. The number of rotatable bonds is 7. The third-order valence-corrected chi connectivity index (χ3v) is 6.36. The van der Waals surface area contributed by atoms with Gasteiger partial charge < -0.3 is 5.11 Å². The molecule has 0 amide bonds. The van der Waals surface area contributed by atoms with Crippen LogP contribution in [0.25, 0.3) is 0 Å². The van der Waals surface area contributed by atoms with E-state index in [9.17, 15) is 5.11 Å². The van der Waals surface area contributed by atoms with Crippen molar-refractivity contribution < 1.29 is 14.3 Å².